The van der Waals surface area contributed by atoms with Crippen LogP contribution in [-0.2, 0) is 6.54 Å². The Labute approximate surface area is 191 Å². The molecular weight excluding hydrogens is 424 g/mol. The fourth-order valence-electron chi connectivity index (χ4n) is 3.95. The van der Waals surface area contributed by atoms with Crippen molar-refractivity contribution in [2.75, 3.05) is 23.3 Å². The number of nitrogens with one attached hydrogen (secondary N) is 1. The maximum absolute atomic E-state index is 14.1. The summed E-state index contributed by atoms with van der Waals surface area (Å²) in [5.74, 6) is -2.79. The number of benzene rings is 3. The lowest BCUT2D eigenvalue weighted by Crippen LogP contribution is -2.49. The number of anilines is 2. The van der Waals surface area contributed by atoms with E-state index in [4.69, 9.17) is 0 Å². The van der Waals surface area contributed by atoms with Crippen molar-refractivity contribution in [2.45, 2.75) is 26.8 Å². The van der Waals surface area contributed by atoms with Crippen LogP contribution in [0.5, 0.6) is 0 Å². The first-order valence-electron chi connectivity index (χ1n) is 10.8. The normalized spacial score (nSPS) is 13.9. The highest BCUT2D eigenvalue weighted by atomic mass is 19.1. The second-order valence-corrected chi connectivity index (χ2v) is 8.27. The monoisotopic (exact) mass is 449 g/mol. The van der Waals surface area contributed by atoms with E-state index in [1.807, 2.05) is 44.2 Å². The molecule has 1 fully saturated rings. The standard InChI is InChI=1S/C26H25F2N3O2/c1-17-7-10-19(11-8-17)16-30-13-4-14-31(26(30)33)23-12-9-18(2)15-22(23)29-25(32)24-20(27)5-3-6-21(24)28/h3,5-12,15H,4,13-14,16H2,1-2H3,(H,29,32). The van der Waals surface area contributed by atoms with Crippen molar-refractivity contribution in [3.05, 3.63) is 94.6 Å². The molecule has 0 aliphatic carbocycles. The largest absolute Gasteiger partial charge is 0.324 e. The molecule has 0 saturated carbocycles. The van der Waals surface area contributed by atoms with Gasteiger partial charge in [0.1, 0.15) is 17.2 Å². The second-order valence-electron chi connectivity index (χ2n) is 8.27. The van der Waals surface area contributed by atoms with Gasteiger partial charge < -0.3 is 10.2 Å². The van der Waals surface area contributed by atoms with Crippen LogP contribution in [0.2, 0.25) is 0 Å². The van der Waals surface area contributed by atoms with E-state index in [0.717, 1.165) is 35.2 Å². The van der Waals surface area contributed by atoms with Crippen molar-refractivity contribution < 1.29 is 18.4 Å². The molecule has 3 aromatic rings. The number of amides is 3. The first kappa shape index (κ1) is 22.5. The predicted molar refractivity (Wildman–Crippen MR) is 124 cm³/mol. The molecule has 1 saturated heterocycles. The summed E-state index contributed by atoms with van der Waals surface area (Å²) in [5.41, 5.74) is 3.18. The number of carbonyl (C=O) groups is 2. The van der Waals surface area contributed by atoms with Crippen LogP contribution in [0.15, 0.2) is 60.7 Å². The highest BCUT2D eigenvalue weighted by molar-refractivity contribution is 6.08. The third kappa shape index (κ3) is 4.87. The molecule has 4 rings (SSSR count). The SMILES string of the molecule is Cc1ccc(CN2CCCN(c3ccc(C)cc3NC(=O)c3c(F)cccc3F)C2=O)cc1. The van der Waals surface area contributed by atoms with Gasteiger partial charge in [0.2, 0.25) is 0 Å². The molecule has 0 aromatic heterocycles. The van der Waals surface area contributed by atoms with E-state index in [-0.39, 0.29) is 6.03 Å². The van der Waals surface area contributed by atoms with Crippen molar-refractivity contribution in [1.82, 2.24) is 4.90 Å². The van der Waals surface area contributed by atoms with E-state index >= 15 is 0 Å². The molecule has 3 amide bonds. The van der Waals surface area contributed by atoms with Gasteiger partial charge in [-0.2, -0.15) is 0 Å². The third-order valence-corrected chi connectivity index (χ3v) is 5.69. The summed E-state index contributed by atoms with van der Waals surface area (Å²) in [6, 6.07) is 16.4. The molecule has 0 unspecified atom stereocenters. The van der Waals surface area contributed by atoms with E-state index in [0.29, 0.717) is 31.0 Å². The number of rotatable bonds is 5. The number of urea groups is 1. The van der Waals surface area contributed by atoms with Gasteiger partial charge in [-0.1, -0.05) is 42.0 Å². The van der Waals surface area contributed by atoms with Crippen molar-refractivity contribution in [3.8, 4) is 0 Å². The zero-order chi connectivity index (χ0) is 23.5. The van der Waals surface area contributed by atoms with Crippen molar-refractivity contribution in [3.63, 3.8) is 0 Å². The van der Waals surface area contributed by atoms with Gasteiger partial charge in [0.15, 0.2) is 0 Å². The molecule has 1 heterocycles. The molecule has 1 N–H and O–H groups in total. The minimum absolute atomic E-state index is 0.182. The zero-order valence-corrected chi connectivity index (χ0v) is 18.6. The van der Waals surface area contributed by atoms with Crippen LogP contribution in [0.1, 0.15) is 33.5 Å². The van der Waals surface area contributed by atoms with Crippen molar-refractivity contribution in [2.24, 2.45) is 0 Å². The second kappa shape index (κ2) is 9.40. The molecule has 33 heavy (non-hydrogen) atoms. The minimum atomic E-state index is -0.944. The number of carbonyl (C=O) groups excluding carboxylic acids is 2. The summed E-state index contributed by atoms with van der Waals surface area (Å²) in [6.45, 7) is 5.42. The van der Waals surface area contributed by atoms with Crippen LogP contribution in [0.4, 0.5) is 25.0 Å². The lowest BCUT2D eigenvalue weighted by molar-refractivity contribution is 0.101. The van der Waals surface area contributed by atoms with Gasteiger partial charge in [-0.15, -0.1) is 0 Å². The Kier molecular flexibility index (Phi) is 6.40. The van der Waals surface area contributed by atoms with E-state index < -0.39 is 23.1 Å². The molecule has 0 radical (unpaired) electrons. The molecule has 1 aliphatic rings. The maximum atomic E-state index is 14.1. The van der Waals surface area contributed by atoms with Gasteiger partial charge in [-0.05, 0) is 55.7 Å². The Morgan fingerprint density at radius 3 is 2.30 bits per heavy atom. The van der Waals surface area contributed by atoms with Crippen LogP contribution in [0.25, 0.3) is 0 Å². The highest BCUT2D eigenvalue weighted by Gasteiger charge is 2.29. The van der Waals surface area contributed by atoms with Crippen LogP contribution in [0.3, 0.4) is 0 Å². The van der Waals surface area contributed by atoms with E-state index in [1.54, 1.807) is 21.9 Å². The molecule has 3 aromatic carbocycles. The topological polar surface area (TPSA) is 52.6 Å². The quantitative estimate of drug-likeness (QED) is 0.546. The van der Waals surface area contributed by atoms with Crippen LogP contribution >= 0.6 is 0 Å². The summed E-state index contributed by atoms with van der Waals surface area (Å²) in [4.78, 5) is 29.4. The maximum Gasteiger partial charge on any atom is 0.324 e. The Hall–Kier alpha value is -3.74. The average Bonchev–Trinajstić information content (AvgIpc) is 2.77. The first-order chi connectivity index (χ1) is 15.8. The highest BCUT2D eigenvalue weighted by Crippen LogP contribution is 2.31. The zero-order valence-electron chi connectivity index (χ0n) is 18.6. The first-order valence-corrected chi connectivity index (χ1v) is 10.8. The summed E-state index contributed by atoms with van der Waals surface area (Å²) in [5, 5.41) is 2.61. The molecule has 5 nitrogen and oxygen atoms in total. The van der Waals surface area contributed by atoms with Gasteiger partial charge in [0.25, 0.3) is 5.91 Å². The molecule has 0 bridgehead atoms. The van der Waals surface area contributed by atoms with E-state index in [2.05, 4.69) is 5.32 Å². The predicted octanol–water partition coefficient (Wildman–Crippen LogP) is 5.67. The van der Waals surface area contributed by atoms with Gasteiger partial charge in [-0.25, -0.2) is 13.6 Å². The molecule has 0 spiro atoms. The number of hydrogen-bond donors (Lipinski definition) is 1. The van der Waals surface area contributed by atoms with Gasteiger partial charge in [0.05, 0.1) is 11.4 Å². The summed E-state index contributed by atoms with van der Waals surface area (Å²) in [7, 11) is 0. The van der Waals surface area contributed by atoms with Crippen LogP contribution < -0.4 is 10.2 Å². The van der Waals surface area contributed by atoms with Crippen molar-refractivity contribution in [1.29, 1.82) is 0 Å². The molecule has 7 heteroatoms. The number of nitrogens with zero attached hydrogens (tertiary/aromatic N) is 2. The molecule has 170 valence electrons. The molecular formula is C26H25F2N3O2. The Morgan fingerprint density at radius 2 is 1.61 bits per heavy atom. The molecule has 0 atom stereocenters. The third-order valence-electron chi connectivity index (χ3n) is 5.69. The van der Waals surface area contributed by atoms with E-state index in [9.17, 15) is 18.4 Å². The lowest BCUT2D eigenvalue weighted by Gasteiger charge is -2.36. The molecule has 1 aliphatic heterocycles. The number of hydrogen-bond acceptors (Lipinski definition) is 2. The van der Waals surface area contributed by atoms with E-state index in [1.165, 1.54) is 6.07 Å². The van der Waals surface area contributed by atoms with Crippen molar-refractivity contribution >= 4 is 23.3 Å². The number of halogens is 2. The Morgan fingerprint density at radius 1 is 0.939 bits per heavy atom. The van der Waals surface area contributed by atoms with Crippen LogP contribution in [0, 0.1) is 25.5 Å². The summed E-state index contributed by atoms with van der Waals surface area (Å²) in [6.07, 6.45) is 0.751. The number of aryl methyl sites for hydroxylation is 2. The Bertz CT molecular complexity index is 1170. The van der Waals surface area contributed by atoms with Gasteiger partial charge >= 0.3 is 6.03 Å². The van der Waals surface area contributed by atoms with Crippen LogP contribution in [-0.4, -0.2) is 29.9 Å². The minimum Gasteiger partial charge on any atom is -0.320 e. The summed E-state index contributed by atoms with van der Waals surface area (Å²) >= 11 is 0. The Balaban J connectivity index is 1.60. The van der Waals surface area contributed by atoms with Gasteiger partial charge in [-0.3, -0.25) is 9.69 Å². The average molecular weight is 450 g/mol. The van der Waals surface area contributed by atoms with Gasteiger partial charge in [0, 0.05) is 19.6 Å². The fraction of sp³-hybridized carbons (Fsp3) is 0.231. The fourth-order valence-corrected chi connectivity index (χ4v) is 3.95. The lowest BCUT2D eigenvalue weighted by atomic mass is 10.1. The smallest absolute Gasteiger partial charge is 0.320 e. The summed E-state index contributed by atoms with van der Waals surface area (Å²) < 4.78 is 28.2.